The van der Waals surface area contributed by atoms with Gasteiger partial charge in [-0.2, -0.15) is 0 Å². The summed E-state index contributed by atoms with van der Waals surface area (Å²) in [7, 11) is 1.45. The van der Waals surface area contributed by atoms with Crippen LogP contribution in [0.5, 0.6) is 0 Å². The molecule has 2 unspecified atom stereocenters. The number of ether oxygens (including phenoxy) is 1. The Kier molecular flexibility index (Phi) is 4.54. The van der Waals surface area contributed by atoms with Gasteiger partial charge in [0, 0.05) is 23.0 Å². The molecule has 2 atom stereocenters. The van der Waals surface area contributed by atoms with Crippen molar-refractivity contribution in [3.8, 4) is 0 Å². The number of rotatable bonds is 2. The smallest absolute Gasteiger partial charge is 0.323 e. The molecule has 0 fully saturated rings. The molecule has 0 bridgehead atoms. The lowest BCUT2D eigenvalue weighted by atomic mass is 9.82. The fourth-order valence-electron chi connectivity index (χ4n) is 4.20. The summed E-state index contributed by atoms with van der Waals surface area (Å²) in [6.45, 7) is 8.81. The standard InChI is InChI=1S/C24H28N2O2/c1-14-10-15(12-16(11-14)24(2,3)4)21-22-18(13-20(26-21)23(27)28-5)17-8-6-7-9-19(17)25-22/h6-12,20-21,25-26H,13H2,1-5H3. The van der Waals surface area contributed by atoms with E-state index in [9.17, 15) is 4.79 Å². The zero-order valence-electron chi connectivity index (χ0n) is 17.2. The second-order valence-electron chi connectivity index (χ2n) is 8.82. The van der Waals surface area contributed by atoms with Crippen LogP contribution in [0.25, 0.3) is 10.9 Å². The lowest BCUT2D eigenvalue weighted by Gasteiger charge is -2.31. The van der Waals surface area contributed by atoms with Crippen LogP contribution in [0.1, 0.15) is 54.8 Å². The van der Waals surface area contributed by atoms with Gasteiger partial charge in [-0.15, -0.1) is 0 Å². The average molecular weight is 377 g/mol. The first kappa shape index (κ1) is 18.8. The van der Waals surface area contributed by atoms with E-state index < -0.39 is 0 Å². The maximum Gasteiger partial charge on any atom is 0.323 e. The van der Waals surface area contributed by atoms with E-state index in [0.717, 1.165) is 11.2 Å². The van der Waals surface area contributed by atoms with Gasteiger partial charge in [-0.3, -0.25) is 10.1 Å². The number of nitrogens with one attached hydrogen (secondary N) is 2. The lowest BCUT2D eigenvalue weighted by Crippen LogP contribution is -2.45. The van der Waals surface area contributed by atoms with Gasteiger partial charge in [-0.1, -0.05) is 62.7 Å². The minimum absolute atomic E-state index is 0.0560. The van der Waals surface area contributed by atoms with Gasteiger partial charge in [0.25, 0.3) is 0 Å². The van der Waals surface area contributed by atoms with Crippen molar-refractivity contribution in [1.29, 1.82) is 0 Å². The van der Waals surface area contributed by atoms with Gasteiger partial charge in [-0.05, 0) is 35.1 Å². The van der Waals surface area contributed by atoms with E-state index in [2.05, 4.69) is 68.3 Å². The Bertz CT molecular complexity index is 1040. The molecule has 146 valence electrons. The molecule has 1 aromatic heterocycles. The van der Waals surface area contributed by atoms with Gasteiger partial charge in [0.2, 0.25) is 0 Å². The number of hydrogen-bond donors (Lipinski definition) is 2. The fourth-order valence-corrected chi connectivity index (χ4v) is 4.20. The van der Waals surface area contributed by atoms with E-state index in [1.807, 2.05) is 12.1 Å². The number of aromatic amines is 1. The second kappa shape index (κ2) is 6.78. The summed E-state index contributed by atoms with van der Waals surface area (Å²) in [6.07, 6.45) is 0.625. The van der Waals surface area contributed by atoms with E-state index in [4.69, 9.17) is 4.74 Å². The van der Waals surface area contributed by atoms with Gasteiger partial charge in [0.05, 0.1) is 13.2 Å². The number of aromatic nitrogens is 1. The van der Waals surface area contributed by atoms with Gasteiger partial charge in [0.15, 0.2) is 0 Å². The first-order chi connectivity index (χ1) is 13.3. The molecular weight excluding hydrogens is 348 g/mol. The Hall–Kier alpha value is -2.59. The number of hydrogen-bond acceptors (Lipinski definition) is 3. The molecule has 4 rings (SSSR count). The molecule has 2 aromatic carbocycles. The number of carbonyl (C=O) groups excluding carboxylic acids is 1. The molecule has 0 spiro atoms. The topological polar surface area (TPSA) is 54.1 Å². The van der Waals surface area contributed by atoms with Crippen LogP contribution in [0, 0.1) is 6.92 Å². The maximum absolute atomic E-state index is 12.4. The molecule has 28 heavy (non-hydrogen) atoms. The third kappa shape index (κ3) is 3.22. The van der Waals surface area contributed by atoms with Crippen LogP contribution < -0.4 is 5.32 Å². The number of methoxy groups -OCH3 is 1. The number of esters is 1. The maximum atomic E-state index is 12.4. The number of benzene rings is 2. The van der Waals surface area contributed by atoms with Crippen molar-refractivity contribution in [2.24, 2.45) is 0 Å². The molecule has 1 aliphatic rings. The van der Waals surface area contributed by atoms with Crippen molar-refractivity contribution in [3.05, 3.63) is 70.4 Å². The van der Waals surface area contributed by atoms with E-state index in [1.165, 1.54) is 34.7 Å². The summed E-state index contributed by atoms with van der Waals surface area (Å²) in [6, 6.07) is 14.6. The molecule has 2 heterocycles. The van der Waals surface area contributed by atoms with Crippen molar-refractivity contribution in [2.45, 2.75) is 51.6 Å². The number of fused-ring (bicyclic) bond motifs is 3. The van der Waals surface area contributed by atoms with E-state index in [1.54, 1.807) is 0 Å². The Balaban J connectivity index is 1.89. The first-order valence-electron chi connectivity index (χ1n) is 9.83. The van der Waals surface area contributed by atoms with Crippen LogP contribution in [-0.2, 0) is 21.4 Å². The third-order valence-corrected chi connectivity index (χ3v) is 5.70. The summed E-state index contributed by atoms with van der Waals surface area (Å²) in [4.78, 5) is 16.0. The summed E-state index contributed by atoms with van der Waals surface area (Å²) in [5, 5.41) is 4.72. The van der Waals surface area contributed by atoms with Crippen molar-refractivity contribution < 1.29 is 9.53 Å². The molecule has 0 amide bonds. The normalized spacial score (nSPS) is 19.5. The zero-order chi connectivity index (χ0) is 20.1. The minimum Gasteiger partial charge on any atom is -0.468 e. The summed E-state index contributed by atoms with van der Waals surface area (Å²) >= 11 is 0. The summed E-state index contributed by atoms with van der Waals surface area (Å²) in [5.41, 5.74) is 7.20. The third-order valence-electron chi connectivity index (χ3n) is 5.70. The Morgan fingerprint density at radius 2 is 1.89 bits per heavy atom. The number of aryl methyl sites for hydroxylation is 1. The molecule has 0 aliphatic carbocycles. The highest BCUT2D eigenvalue weighted by Crippen LogP contribution is 2.37. The largest absolute Gasteiger partial charge is 0.468 e. The Morgan fingerprint density at radius 3 is 2.61 bits per heavy atom. The molecule has 4 heteroatoms. The zero-order valence-corrected chi connectivity index (χ0v) is 17.2. The molecular formula is C24H28N2O2. The number of H-pyrrole nitrogens is 1. The monoisotopic (exact) mass is 376 g/mol. The highest BCUT2D eigenvalue weighted by Gasteiger charge is 2.34. The quantitative estimate of drug-likeness (QED) is 0.645. The predicted molar refractivity (Wildman–Crippen MR) is 113 cm³/mol. The molecule has 1 aliphatic heterocycles. The van der Waals surface area contributed by atoms with Gasteiger partial charge in [-0.25, -0.2) is 0 Å². The molecule has 2 N–H and O–H groups in total. The van der Waals surface area contributed by atoms with E-state index in [-0.39, 0.29) is 23.5 Å². The van der Waals surface area contributed by atoms with E-state index in [0.29, 0.717) is 6.42 Å². The van der Waals surface area contributed by atoms with Gasteiger partial charge in [0.1, 0.15) is 6.04 Å². The lowest BCUT2D eigenvalue weighted by molar-refractivity contribution is -0.143. The van der Waals surface area contributed by atoms with Gasteiger partial charge < -0.3 is 9.72 Å². The fraction of sp³-hybridized carbons (Fsp3) is 0.375. The first-order valence-corrected chi connectivity index (χ1v) is 9.83. The predicted octanol–water partition coefficient (Wildman–Crippen LogP) is 4.55. The van der Waals surface area contributed by atoms with Crippen molar-refractivity contribution in [1.82, 2.24) is 10.3 Å². The van der Waals surface area contributed by atoms with Crippen molar-refractivity contribution in [2.75, 3.05) is 7.11 Å². The summed E-state index contributed by atoms with van der Waals surface area (Å²) in [5.74, 6) is -0.218. The van der Waals surface area contributed by atoms with Crippen LogP contribution in [0.4, 0.5) is 0 Å². The highest BCUT2D eigenvalue weighted by atomic mass is 16.5. The SMILES string of the molecule is COC(=O)C1Cc2c([nH]c3ccccc23)C(c2cc(C)cc(C(C)(C)C)c2)N1. The molecule has 4 nitrogen and oxygen atoms in total. The number of para-hydroxylation sites is 1. The Morgan fingerprint density at radius 1 is 1.14 bits per heavy atom. The Labute approximate surface area is 166 Å². The average Bonchev–Trinajstić information content (AvgIpc) is 3.04. The van der Waals surface area contributed by atoms with E-state index >= 15 is 0 Å². The van der Waals surface area contributed by atoms with Crippen LogP contribution >= 0.6 is 0 Å². The highest BCUT2D eigenvalue weighted by molar-refractivity contribution is 5.87. The number of carbonyl (C=O) groups is 1. The second-order valence-corrected chi connectivity index (χ2v) is 8.82. The van der Waals surface area contributed by atoms with Crippen LogP contribution in [-0.4, -0.2) is 24.1 Å². The summed E-state index contributed by atoms with van der Waals surface area (Å²) < 4.78 is 5.07. The molecule has 0 radical (unpaired) electrons. The van der Waals surface area contributed by atoms with Crippen LogP contribution in [0.2, 0.25) is 0 Å². The molecule has 3 aromatic rings. The van der Waals surface area contributed by atoms with Crippen LogP contribution in [0.3, 0.4) is 0 Å². The molecule has 0 saturated heterocycles. The minimum atomic E-state index is -0.361. The van der Waals surface area contributed by atoms with Gasteiger partial charge >= 0.3 is 5.97 Å². The van der Waals surface area contributed by atoms with Crippen molar-refractivity contribution in [3.63, 3.8) is 0 Å². The van der Waals surface area contributed by atoms with Crippen LogP contribution in [0.15, 0.2) is 42.5 Å². The van der Waals surface area contributed by atoms with Crippen molar-refractivity contribution >= 4 is 16.9 Å². The molecule has 0 saturated carbocycles.